The van der Waals surface area contributed by atoms with E-state index in [1.807, 2.05) is 0 Å². The van der Waals surface area contributed by atoms with Crippen molar-refractivity contribution in [2.45, 2.75) is 77.8 Å². The number of thiocarbonyl (C=S) groups is 1. The number of rotatable bonds is 11. The average Bonchev–Trinajstić information content (AvgIpc) is 2.76. The van der Waals surface area contributed by atoms with Crippen molar-refractivity contribution in [3.63, 3.8) is 0 Å². The van der Waals surface area contributed by atoms with Crippen molar-refractivity contribution < 1.29 is 0 Å². The molecule has 1 aliphatic heterocycles. The second kappa shape index (κ2) is 12.2. The molecule has 0 unspecified atom stereocenters. The lowest BCUT2D eigenvalue weighted by Gasteiger charge is -2.37. The summed E-state index contributed by atoms with van der Waals surface area (Å²) in [5.74, 6) is 0. The molecule has 162 valence electrons. The highest BCUT2D eigenvalue weighted by atomic mass is 32.1. The van der Waals surface area contributed by atoms with E-state index in [0.717, 1.165) is 30.1 Å². The van der Waals surface area contributed by atoms with E-state index in [4.69, 9.17) is 12.2 Å². The first-order chi connectivity index (χ1) is 14.7. The van der Waals surface area contributed by atoms with Crippen LogP contribution in [0.5, 0.6) is 0 Å². The van der Waals surface area contributed by atoms with Crippen LogP contribution in [0.15, 0.2) is 48.5 Å². The molecule has 0 radical (unpaired) electrons. The van der Waals surface area contributed by atoms with E-state index < -0.39 is 0 Å². The summed E-state index contributed by atoms with van der Waals surface area (Å²) < 4.78 is 0. The highest BCUT2D eigenvalue weighted by Gasteiger charge is 2.25. The van der Waals surface area contributed by atoms with Crippen LogP contribution < -0.4 is 5.32 Å². The van der Waals surface area contributed by atoms with Gasteiger partial charge in [-0.3, -0.25) is 4.90 Å². The van der Waals surface area contributed by atoms with Gasteiger partial charge >= 0.3 is 0 Å². The van der Waals surface area contributed by atoms with E-state index in [0.29, 0.717) is 6.04 Å². The standard InChI is InChI=1S/C27H38N2S/c1-3-4-5-6-7-8-11-17-29-21-25-15-10-9-14-23(25)19-26(29)20-28-27(30)24-16-12-13-22(2)18-24/h9-10,12-16,18,26H,3-8,11,17,19-21H2,1-2H3,(H,28,30)/t26-/m0/s1. The summed E-state index contributed by atoms with van der Waals surface area (Å²) in [7, 11) is 0. The van der Waals surface area contributed by atoms with Gasteiger partial charge in [-0.1, -0.05) is 106 Å². The third-order valence-electron chi connectivity index (χ3n) is 6.29. The van der Waals surface area contributed by atoms with E-state index in [-0.39, 0.29) is 0 Å². The molecule has 0 aromatic heterocycles. The Hall–Kier alpha value is -1.71. The zero-order chi connectivity index (χ0) is 21.2. The second-order valence-electron chi connectivity index (χ2n) is 8.80. The Balaban J connectivity index is 1.54. The molecule has 0 aliphatic carbocycles. The summed E-state index contributed by atoms with van der Waals surface area (Å²) >= 11 is 5.69. The van der Waals surface area contributed by atoms with Gasteiger partial charge in [-0.25, -0.2) is 0 Å². The zero-order valence-corrected chi connectivity index (χ0v) is 19.6. The molecule has 0 bridgehead atoms. The maximum atomic E-state index is 5.69. The van der Waals surface area contributed by atoms with Crippen LogP contribution in [0.4, 0.5) is 0 Å². The second-order valence-corrected chi connectivity index (χ2v) is 9.21. The molecule has 3 heteroatoms. The Labute approximate surface area is 189 Å². The van der Waals surface area contributed by atoms with Gasteiger partial charge in [0.2, 0.25) is 0 Å². The Morgan fingerprint density at radius 3 is 2.47 bits per heavy atom. The normalized spacial score (nSPS) is 16.3. The van der Waals surface area contributed by atoms with E-state index in [1.165, 1.54) is 68.2 Å². The number of benzene rings is 2. The van der Waals surface area contributed by atoms with Gasteiger partial charge in [0.1, 0.15) is 4.99 Å². The van der Waals surface area contributed by atoms with Gasteiger partial charge in [-0.05, 0) is 43.5 Å². The van der Waals surface area contributed by atoms with Crippen molar-refractivity contribution in [2.75, 3.05) is 13.1 Å². The Morgan fingerprint density at radius 1 is 0.967 bits per heavy atom. The van der Waals surface area contributed by atoms with Gasteiger partial charge in [0.05, 0.1) is 0 Å². The lowest BCUT2D eigenvalue weighted by Crippen LogP contribution is -2.47. The monoisotopic (exact) mass is 422 g/mol. The van der Waals surface area contributed by atoms with E-state index in [9.17, 15) is 0 Å². The van der Waals surface area contributed by atoms with Crippen LogP contribution in [-0.2, 0) is 13.0 Å². The first-order valence-corrected chi connectivity index (χ1v) is 12.2. The number of unbranched alkanes of at least 4 members (excludes halogenated alkanes) is 6. The molecule has 30 heavy (non-hydrogen) atoms. The molecular weight excluding hydrogens is 384 g/mol. The van der Waals surface area contributed by atoms with E-state index in [2.05, 4.69) is 72.6 Å². The van der Waals surface area contributed by atoms with Crippen molar-refractivity contribution in [1.82, 2.24) is 10.2 Å². The Morgan fingerprint density at radius 2 is 1.70 bits per heavy atom. The first-order valence-electron chi connectivity index (χ1n) is 11.8. The summed E-state index contributed by atoms with van der Waals surface area (Å²) in [6, 6.07) is 17.9. The number of fused-ring (bicyclic) bond motifs is 1. The zero-order valence-electron chi connectivity index (χ0n) is 18.8. The molecule has 2 nitrogen and oxygen atoms in total. The maximum Gasteiger partial charge on any atom is 0.106 e. The minimum absolute atomic E-state index is 0.503. The summed E-state index contributed by atoms with van der Waals surface area (Å²) in [4.78, 5) is 3.55. The lowest BCUT2D eigenvalue weighted by atomic mass is 9.93. The van der Waals surface area contributed by atoms with Crippen LogP contribution in [0.3, 0.4) is 0 Å². The predicted molar refractivity (Wildman–Crippen MR) is 133 cm³/mol. The molecule has 3 rings (SSSR count). The highest BCUT2D eigenvalue weighted by molar-refractivity contribution is 7.80. The van der Waals surface area contributed by atoms with Crippen LogP contribution in [-0.4, -0.2) is 29.0 Å². The van der Waals surface area contributed by atoms with Gasteiger partial charge in [-0.15, -0.1) is 0 Å². The average molecular weight is 423 g/mol. The van der Waals surface area contributed by atoms with Crippen LogP contribution in [0, 0.1) is 6.92 Å². The summed E-state index contributed by atoms with van der Waals surface area (Å²) in [6.07, 6.45) is 10.6. The van der Waals surface area contributed by atoms with Crippen molar-refractivity contribution in [3.05, 3.63) is 70.8 Å². The molecule has 0 fully saturated rings. The van der Waals surface area contributed by atoms with Crippen LogP contribution >= 0.6 is 12.2 Å². The third kappa shape index (κ3) is 6.92. The minimum atomic E-state index is 0.503. The first kappa shape index (κ1) is 23.0. The molecular formula is C27H38N2S. The highest BCUT2D eigenvalue weighted by Crippen LogP contribution is 2.24. The van der Waals surface area contributed by atoms with Crippen molar-refractivity contribution in [2.24, 2.45) is 0 Å². The van der Waals surface area contributed by atoms with Gasteiger partial charge < -0.3 is 5.32 Å². The topological polar surface area (TPSA) is 15.3 Å². The van der Waals surface area contributed by atoms with Gasteiger partial charge in [0.25, 0.3) is 0 Å². The number of aryl methyl sites for hydroxylation is 1. The Bertz CT molecular complexity index is 801. The van der Waals surface area contributed by atoms with E-state index in [1.54, 1.807) is 0 Å². The van der Waals surface area contributed by atoms with Crippen LogP contribution in [0.1, 0.15) is 74.1 Å². The molecule has 2 aromatic rings. The number of nitrogens with zero attached hydrogens (tertiary/aromatic N) is 1. The van der Waals surface area contributed by atoms with Gasteiger partial charge in [0.15, 0.2) is 0 Å². The van der Waals surface area contributed by atoms with Crippen molar-refractivity contribution in [3.8, 4) is 0 Å². The number of nitrogens with one attached hydrogen (secondary N) is 1. The van der Waals surface area contributed by atoms with Crippen molar-refractivity contribution in [1.29, 1.82) is 0 Å². The van der Waals surface area contributed by atoms with Crippen molar-refractivity contribution >= 4 is 17.2 Å². The molecule has 0 saturated heterocycles. The fourth-order valence-electron chi connectivity index (χ4n) is 4.48. The molecule has 1 atom stereocenters. The Kier molecular flexibility index (Phi) is 9.35. The molecule has 1 heterocycles. The molecule has 1 N–H and O–H groups in total. The molecule has 0 saturated carbocycles. The summed E-state index contributed by atoms with van der Waals surface area (Å²) in [5, 5.41) is 3.57. The fourth-order valence-corrected chi connectivity index (χ4v) is 4.69. The maximum absolute atomic E-state index is 5.69. The largest absolute Gasteiger partial charge is 0.374 e. The smallest absolute Gasteiger partial charge is 0.106 e. The SMILES string of the molecule is CCCCCCCCCN1Cc2ccccc2C[C@H]1CNC(=S)c1cccc(C)c1. The number of hydrogen-bond acceptors (Lipinski definition) is 2. The minimum Gasteiger partial charge on any atom is -0.374 e. The van der Waals surface area contributed by atoms with Crippen LogP contribution in [0.2, 0.25) is 0 Å². The van der Waals surface area contributed by atoms with Gasteiger partial charge in [0, 0.05) is 24.7 Å². The predicted octanol–water partition coefficient (Wildman–Crippen LogP) is 6.44. The fraction of sp³-hybridized carbons (Fsp3) is 0.519. The molecule has 0 amide bonds. The van der Waals surface area contributed by atoms with Gasteiger partial charge in [-0.2, -0.15) is 0 Å². The van der Waals surface area contributed by atoms with E-state index >= 15 is 0 Å². The number of hydrogen-bond donors (Lipinski definition) is 1. The molecule has 0 spiro atoms. The molecule has 2 aromatic carbocycles. The van der Waals surface area contributed by atoms with Crippen LogP contribution in [0.25, 0.3) is 0 Å². The summed E-state index contributed by atoms with van der Waals surface area (Å²) in [5.41, 5.74) is 5.38. The molecule has 1 aliphatic rings. The lowest BCUT2D eigenvalue weighted by molar-refractivity contribution is 0.168. The third-order valence-corrected chi connectivity index (χ3v) is 6.67. The quantitative estimate of drug-likeness (QED) is 0.331. The summed E-state index contributed by atoms with van der Waals surface area (Å²) in [6.45, 7) is 7.57.